The minimum absolute atomic E-state index is 0.339. The number of aliphatic hydroxyl groups excluding tert-OH is 1. The molecule has 15 heavy (non-hydrogen) atoms. The van der Waals surface area contributed by atoms with Crippen LogP contribution in [0.1, 0.15) is 19.3 Å². The van der Waals surface area contributed by atoms with Crippen molar-refractivity contribution < 1.29 is 5.11 Å². The lowest BCUT2D eigenvalue weighted by atomic mass is 10.0. The topological polar surface area (TPSA) is 52.7 Å². The summed E-state index contributed by atoms with van der Waals surface area (Å²) in [6.45, 7) is 3.68. The van der Waals surface area contributed by atoms with Crippen molar-refractivity contribution in [2.24, 2.45) is 5.73 Å². The van der Waals surface area contributed by atoms with E-state index in [1.54, 1.807) is 0 Å². The highest BCUT2D eigenvalue weighted by atomic mass is 16.3. The van der Waals surface area contributed by atoms with Gasteiger partial charge in [-0.1, -0.05) is 0 Å². The van der Waals surface area contributed by atoms with Crippen LogP contribution < -0.4 is 5.73 Å². The van der Waals surface area contributed by atoms with Crippen molar-refractivity contribution in [2.75, 3.05) is 40.3 Å². The molecule has 2 atom stereocenters. The molecule has 0 amide bonds. The molecule has 4 heteroatoms. The smallest absolute Gasteiger partial charge is 0.0674 e. The zero-order valence-electron chi connectivity index (χ0n) is 10.0. The Kier molecular flexibility index (Phi) is 5.53. The first-order valence-corrected chi connectivity index (χ1v) is 5.90. The first-order chi connectivity index (χ1) is 7.13. The van der Waals surface area contributed by atoms with Crippen LogP contribution in [0.3, 0.4) is 0 Å². The molecule has 0 aromatic rings. The van der Waals surface area contributed by atoms with Crippen LogP contribution in [0.4, 0.5) is 0 Å². The predicted molar refractivity (Wildman–Crippen MR) is 62.8 cm³/mol. The van der Waals surface area contributed by atoms with Gasteiger partial charge in [-0.3, -0.25) is 0 Å². The van der Waals surface area contributed by atoms with Crippen LogP contribution in [0.15, 0.2) is 0 Å². The molecule has 0 radical (unpaired) electrons. The average Bonchev–Trinajstić information content (AvgIpc) is 2.25. The highest BCUT2D eigenvalue weighted by Crippen LogP contribution is 2.13. The third kappa shape index (κ3) is 4.47. The van der Waals surface area contributed by atoms with Gasteiger partial charge >= 0.3 is 0 Å². The fraction of sp³-hybridized carbons (Fsp3) is 1.00. The van der Waals surface area contributed by atoms with Gasteiger partial charge in [0.2, 0.25) is 0 Å². The van der Waals surface area contributed by atoms with E-state index in [4.69, 9.17) is 5.73 Å². The maximum Gasteiger partial charge on any atom is 0.0674 e. The lowest BCUT2D eigenvalue weighted by Crippen LogP contribution is -2.45. The number of likely N-dealkylation sites (tertiary alicyclic amines) is 1. The Bertz CT molecular complexity index is 177. The van der Waals surface area contributed by atoms with Gasteiger partial charge in [-0.25, -0.2) is 0 Å². The van der Waals surface area contributed by atoms with Crippen molar-refractivity contribution >= 4 is 0 Å². The van der Waals surface area contributed by atoms with Crippen LogP contribution in [0.5, 0.6) is 0 Å². The van der Waals surface area contributed by atoms with Crippen molar-refractivity contribution in [3.8, 4) is 0 Å². The number of hydrogen-bond donors (Lipinski definition) is 2. The number of nitrogens with two attached hydrogens (primary N) is 1. The molecule has 2 unspecified atom stereocenters. The first kappa shape index (κ1) is 12.9. The molecule has 0 saturated carbocycles. The van der Waals surface area contributed by atoms with Crippen LogP contribution in [0.2, 0.25) is 0 Å². The van der Waals surface area contributed by atoms with Crippen LogP contribution in [0, 0.1) is 0 Å². The number of hydrogen-bond acceptors (Lipinski definition) is 4. The van der Waals surface area contributed by atoms with Gasteiger partial charge in [0, 0.05) is 25.7 Å². The molecule has 90 valence electrons. The second-order valence-corrected chi connectivity index (χ2v) is 4.72. The summed E-state index contributed by atoms with van der Waals surface area (Å²) >= 11 is 0. The molecule has 1 rings (SSSR count). The Morgan fingerprint density at radius 1 is 1.60 bits per heavy atom. The maximum atomic E-state index is 9.40. The molecule has 0 bridgehead atoms. The van der Waals surface area contributed by atoms with Gasteiger partial charge in [0.05, 0.1) is 6.10 Å². The van der Waals surface area contributed by atoms with Gasteiger partial charge in [-0.2, -0.15) is 0 Å². The fourth-order valence-electron chi connectivity index (χ4n) is 2.15. The Balaban J connectivity index is 2.23. The average molecular weight is 215 g/mol. The molecule has 1 fully saturated rings. The highest BCUT2D eigenvalue weighted by molar-refractivity contribution is 4.78. The summed E-state index contributed by atoms with van der Waals surface area (Å²) in [5.41, 5.74) is 5.38. The Labute approximate surface area is 93.0 Å². The van der Waals surface area contributed by atoms with Gasteiger partial charge in [0.15, 0.2) is 0 Å². The molecule has 3 N–H and O–H groups in total. The Morgan fingerprint density at radius 3 is 2.93 bits per heavy atom. The minimum Gasteiger partial charge on any atom is -0.392 e. The summed E-state index contributed by atoms with van der Waals surface area (Å²) in [6.07, 6.45) is 3.01. The molecule has 4 nitrogen and oxygen atoms in total. The molecule has 0 aliphatic carbocycles. The molecule has 1 heterocycles. The molecule has 1 saturated heterocycles. The van der Waals surface area contributed by atoms with E-state index < -0.39 is 0 Å². The first-order valence-electron chi connectivity index (χ1n) is 5.90. The lowest BCUT2D eigenvalue weighted by Gasteiger charge is -2.36. The van der Waals surface area contributed by atoms with Gasteiger partial charge < -0.3 is 20.6 Å². The van der Waals surface area contributed by atoms with Crippen molar-refractivity contribution in [2.45, 2.75) is 31.4 Å². The van der Waals surface area contributed by atoms with Gasteiger partial charge in [0.1, 0.15) is 0 Å². The SMILES string of the molecule is CN1CCCC(N(C)CCC(O)CN)C1. The second-order valence-electron chi connectivity index (χ2n) is 4.72. The van der Waals surface area contributed by atoms with Gasteiger partial charge in [-0.05, 0) is 39.9 Å². The molecular formula is C11H25N3O. The zero-order valence-corrected chi connectivity index (χ0v) is 10.0. The summed E-state index contributed by atoms with van der Waals surface area (Å²) in [7, 11) is 4.32. The van der Waals surface area contributed by atoms with E-state index in [2.05, 4.69) is 23.9 Å². The summed E-state index contributed by atoms with van der Waals surface area (Å²) in [6, 6.07) is 0.647. The Hall–Kier alpha value is -0.160. The van der Waals surface area contributed by atoms with E-state index in [9.17, 15) is 5.11 Å². The quantitative estimate of drug-likeness (QED) is 0.662. The summed E-state index contributed by atoms with van der Waals surface area (Å²) in [5, 5.41) is 9.40. The van der Waals surface area contributed by atoms with Crippen molar-refractivity contribution in [3.05, 3.63) is 0 Å². The van der Waals surface area contributed by atoms with Crippen molar-refractivity contribution in [3.63, 3.8) is 0 Å². The Morgan fingerprint density at radius 2 is 2.33 bits per heavy atom. The standard InChI is InChI=1S/C11H25N3O/c1-13-6-3-4-10(9-13)14(2)7-5-11(15)8-12/h10-11,15H,3-9,12H2,1-2H3. The van der Waals surface area contributed by atoms with E-state index >= 15 is 0 Å². The largest absolute Gasteiger partial charge is 0.392 e. The van der Waals surface area contributed by atoms with E-state index in [-0.39, 0.29) is 6.10 Å². The third-order valence-electron chi connectivity index (χ3n) is 3.31. The van der Waals surface area contributed by atoms with Crippen molar-refractivity contribution in [1.29, 1.82) is 0 Å². The fourth-order valence-corrected chi connectivity index (χ4v) is 2.15. The van der Waals surface area contributed by atoms with E-state index in [1.165, 1.54) is 19.4 Å². The van der Waals surface area contributed by atoms with Gasteiger partial charge in [-0.15, -0.1) is 0 Å². The zero-order chi connectivity index (χ0) is 11.3. The van der Waals surface area contributed by atoms with Crippen LogP contribution in [-0.2, 0) is 0 Å². The highest BCUT2D eigenvalue weighted by Gasteiger charge is 2.20. The van der Waals surface area contributed by atoms with Crippen molar-refractivity contribution in [1.82, 2.24) is 9.80 Å². The molecule has 0 aromatic heterocycles. The molecule has 0 spiro atoms. The summed E-state index contributed by atoms with van der Waals surface area (Å²) in [4.78, 5) is 4.73. The van der Waals surface area contributed by atoms with E-state index in [0.717, 1.165) is 19.5 Å². The third-order valence-corrected chi connectivity index (χ3v) is 3.31. The second kappa shape index (κ2) is 6.43. The molecular weight excluding hydrogens is 190 g/mol. The summed E-state index contributed by atoms with van der Waals surface area (Å²) in [5.74, 6) is 0. The lowest BCUT2D eigenvalue weighted by molar-refractivity contribution is 0.107. The van der Waals surface area contributed by atoms with Crippen LogP contribution >= 0.6 is 0 Å². The molecule has 1 aliphatic rings. The minimum atomic E-state index is -0.339. The van der Waals surface area contributed by atoms with Crippen LogP contribution in [0.25, 0.3) is 0 Å². The van der Waals surface area contributed by atoms with E-state index in [0.29, 0.717) is 12.6 Å². The number of piperidine rings is 1. The maximum absolute atomic E-state index is 9.40. The predicted octanol–water partition coefficient (Wildman–Crippen LogP) is -0.278. The number of likely N-dealkylation sites (N-methyl/N-ethyl adjacent to an activating group) is 2. The normalized spacial score (nSPS) is 25.8. The molecule has 1 aliphatic heterocycles. The van der Waals surface area contributed by atoms with Crippen LogP contribution in [-0.4, -0.2) is 67.3 Å². The number of nitrogens with zero attached hydrogens (tertiary/aromatic N) is 2. The number of rotatable bonds is 5. The summed E-state index contributed by atoms with van der Waals surface area (Å²) < 4.78 is 0. The monoisotopic (exact) mass is 215 g/mol. The van der Waals surface area contributed by atoms with Gasteiger partial charge in [0.25, 0.3) is 0 Å². The molecule has 0 aromatic carbocycles. The van der Waals surface area contributed by atoms with E-state index in [1.807, 2.05) is 0 Å². The number of aliphatic hydroxyl groups is 1.